The fraction of sp³-hybridized carbons (Fsp3) is 0.0968. The molecule has 3 aromatic heterocycles. The van der Waals surface area contributed by atoms with Crippen molar-refractivity contribution >= 4 is 61.7 Å². The van der Waals surface area contributed by atoms with Crippen molar-refractivity contribution in [3.63, 3.8) is 0 Å². The van der Waals surface area contributed by atoms with Gasteiger partial charge in [-0.3, -0.25) is 0 Å². The molecule has 0 radical (unpaired) electrons. The number of rotatable bonds is 3. The fourth-order valence-corrected chi connectivity index (χ4v) is 7.47. The van der Waals surface area contributed by atoms with Crippen LogP contribution in [-0.4, -0.2) is 27.8 Å². The van der Waals surface area contributed by atoms with Gasteiger partial charge in [0.2, 0.25) is 0 Å². The summed E-state index contributed by atoms with van der Waals surface area (Å²) in [5.41, 5.74) is 6.47. The number of hydrogen-bond donors (Lipinski definition) is 0. The van der Waals surface area contributed by atoms with Gasteiger partial charge < -0.3 is 0 Å². The molecule has 7 aromatic rings. The molecule has 4 aromatic carbocycles. The van der Waals surface area contributed by atoms with Crippen LogP contribution in [0.4, 0.5) is 0 Å². The van der Waals surface area contributed by atoms with E-state index in [9.17, 15) is 0 Å². The van der Waals surface area contributed by atoms with E-state index in [1.54, 1.807) is 0 Å². The van der Waals surface area contributed by atoms with Crippen molar-refractivity contribution in [2.24, 2.45) is 0 Å². The minimum atomic E-state index is -1.99. The van der Waals surface area contributed by atoms with Gasteiger partial charge in [-0.05, 0) is 0 Å². The van der Waals surface area contributed by atoms with E-state index in [4.69, 9.17) is 14.4 Å². The molecule has 7 rings (SSSR count). The number of aromatic nitrogens is 3. The van der Waals surface area contributed by atoms with E-state index in [0.717, 1.165) is 61.1 Å². The van der Waals surface area contributed by atoms with Crippen molar-refractivity contribution < 1.29 is 4.42 Å². The molecular formula is C31H25GeN3O. The summed E-state index contributed by atoms with van der Waals surface area (Å²) in [5, 5.41) is 3.35. The Morgan fingerprint density at radius 3 is 2.36 bits per heavy atom. The summed E-state index contributed by atoms with van der Waals surface area (Å²) in [6.07, 6.45) is 0. The maximum atomic E-state index is 6.59. The zero-order chi connectivity index (χ0) is 24.4. The second kappa shape index (κ2) is 7.80. The number of hydrogen-bond acceptors (Lipinski definition) is 3. The number of furan rings is 1. The van der Waals surface area contributed by atoms with Gasteiger partial charge in [0.1, 0.15) is 0 Å². The molecule has 0 aliphatic carbocycles. The van der Waals surface area contributed by atoms with E-state index < -0.39 is 13.3 Å². The predicted molar refractivity (Wildman–Crippen MR) is 152 cm³/mol. The van der Waals surface area contributed by atoms with Crippen molar-refractivity contribution in [2.45, 2.75) is 17.3 Å². The SMILES string of the molecule is [CH3][Ge]([CH3])([CH3])[c]1ccc2c(c1)oc1c(-c3nc4nc5ccccc5cc4n3-c3ccccc3)cccc12. The van der Waals surface area contributed by atoms with Gasteiger partial charge in [-0.1, -0.05) is 12.1 Å². The Morgan fingerprint density at radius 1 is 0.722 bits per heavy atom. The Kier molecular flexibility index (Phi) is 4.64. The van der Waals surface area contributed by atoms with Crippen molar-refractivity contribution in [2.75, 3.05) is 0 Å². The molecule has 4 nitrogen and oxygen atoms in total. The molecule has 0 spiro atoms. The van der Waals surface area contributed by atoms with Gasteiger partial charge in [-0.25, -0.2) is 0 Å². The Bertz CT molecular complexity index is 1930. The van der Waals surface area contributed by atoms with E-state index in [-0.39, 0.29) is 0 Å². The number of pyridine rings is 1. The van der Waals surface area contributed by atoms with Crippen molar-refractivity contribution in [3.8, 4) is 17.1 Å². The third-order valence-corrected chi connectivity index (χ3v) is 11.3. The third kappa shape index (κ3) is 3.28. The van der Waals surface area contributed by atoms with Gasteiger partial charge in [0.25, 0.3) is 0 Å². The van der Waals surface area contributed by atoms with Gasteiger partial charge >= 0.3 is 200 Å². The number of nitrogens with zero attached hydrogens (tertiary/aromatic N) is 3. The monoisotopic (exact) mass is 529 g/mol. The molecule has 0 saturated heterocycles. The topological polar surface area (TPSA) is 43.9 Å². The standard InChI is InChI=1S/C31H25GeN3O/c1-32(2,3)21-16-17-23-24-13-9-14-25(29(24)36-28(23)19-21)31-34-30-27(35(31)22-11-5-4-6-12-22)18-20-10-7-8-15-26(20)33-30/h4-19H,1-3H3. The third-order valence-electron chi connectivity index (χ3n) is 6.97. The summed E-state index contributed by atoms with van der Waals surface area (Å²) in [6.45, 7) is 0. The molecule has 0 atom stereocenters. The second-order valence-electron chi connectivity index (χ2n) is 10.4. The Hall–Kier alpha value is -3.90. The van der Waals surface area contributed by atoms with Crippen LogP contribution >= 0.6 is 0 Å². The first-order valence-corrected chi connectivity index (χ1v) is 19.6. The normalized spacial score (nSPS) is 12.3. The van der Waals surface area contributed by atoms with Crippen LogP contribution < -0.4 is 4.40 Å². The summed E-state index contributed by atoms with van der Waals surface area (Å²) >= 11 is -1.99. The quantitative estimate of drug-likeness (QED) is 0.221. The second-order valence-corrected chi connectivity index (χ2v) is 21.0. The van der Waals surface area contributed by atoms with E-state index in [2.05, 4.69) is 94.6 Å². The van der Waals surface area contributed by atoms with Crippen molar-refractivity contribution in [3.05, 3.63) is 97.1 Å². The van der Waals surface area contributed by atoms with Crippen LogP contribution in [0.15, 0.2) is 101 Å². The Morgan fingerprint density at radius 2 is 1.53 bits per heavy atom. The number of imidazole rings is 1. The van der Waals surface area contributed by atoms with Crippen LogP contribution in [-0.2, 0) is 0 Å². The maximum absolute atomic E-state index is 6.59. The van der Waals surface area contributed by atoms with E-state index in [1.165, 1.54) is 4.40 Å². The van der Waals surface area contributed by atoms with Gasteiger partial charge in [-0.15, -0.1) is 0 Å². The van der Waals surface area contributed by atoms with Crippen molar-refractivity contribution in [1.82, 2.24) is 14.5 Å². The van der Waals surface area contributed by atoms with Gasteiger partial charge in [0.05, 0.1) is 0 Å². The van der Waals surface area contributed by atoms with Gasteiger partial charge in [0, 0.05) is 0 Å². The van der Waals surface area contributed by atoms with E-state index >= 15 is 0 Å². The van der Waals surface area contributed by atoms with Gasteiger partial charge in [-0.2, -0.15) is 0 Å². The molecule has 0 saturated carbocycles. The van der Waals surface area contributed by atoms with Crippen LogP contribution in [0.25, 0.3) is 61.1 Å². The molecule has 0 amide bonds. The van der Waals surface area contributed by atoms with Gasteiger partial charge in [0.15, 0.2) is 0 Å². The molecule has 0 unspecified atom stereocenters. The van der Waals surface area contributed by atoms with Crippen molar-refractivity contribution in [1.29, 1.82) is 0 Å². The Labute approximate surface area is 211 Å². The molecule has 0 N–H and O–H groups in total. The van der Waals surface area contributed by atoms with Crippen LogP contribution in [0.1, 0.15) is 0 Å². The molecule has 0 aliphatic rings. The average Bonchev–Trinajstić information content (AvgIpc) is 3.45. The molecule has 0 fully saturated rings. The molecule has 0 aliphatic heterocycles. The van der Waals surface area contributed by atoms with Crippen LogP contribution in [0.2, 0.25) is 17.3 Å². The zero-order valence-electron chi connectivity index (χ0n) is 20.5. The molecule has 3 heterocycles. The fourth-order valence-electron chi connectivity index (χ4n) is 5.07. The predicted octanol–water partition coefficient (Wildman–Crippen LogP) is 7.69. The minimum absolute atomic E-state index is 0.726. The molecule has 36 heavy (non-hydrogen) atoms. The molecule has 174 valence electrons. The summed E-state index contributed by atoms with van der Waals surface area (Å²) in [5.74, 6) is 8.06. The molecular weight excluding hydrogens is 503 g/mol. The van der Waals surface area contributed by atoms with E-state index in [1.807, 2.05) is 24.3 Å². The summed E-state index contributed by atoms with van der Waals surface area (Å²) < 4.78 is 10.2. The summed E-state index contributed by atoms with van der Waals surface area (Å²) in [6, 6.07) is 33.9. The van der Waals surface area contributed by atoms with Crippen LogP contribution in [0.5, 0.6) is 0 Å². The first-order chi connectivity index (χ1) is 17.5. The average molecular weight is 528 g/mol. The summed E-state index contributed by atoms with van der Waals surface area (Å²) in [4.78, 5) is 10.0. The summed E-state index contributed by atoms with van der Waals surface area (Å²) in [7, 11) is 0. The Balaban J connectivity index is 1.56. The van der Waals surface area contributed by atoms with Crippen LogP contribution in [0.3, 0.4) is 0 Å². The zero-order valence-corrected chi connectivity index (χ0v) is 22.6. The number of para-hydroxylation sites is 3. The number of fused-ring (bicyclic) bond motifs is 5. The molecule has 5 heteroatoms. The molecule has 0 bridgehead atoms. The number of benzene rings is 4. The van der Waals surface area contributed by atoms with E-state index in [0.29, 0.717) is 0 Å². The van der Waals surface area contributed by atoms with Crippen LogP contribution in [0, 0.1) is 0 Å². The first-order valence-electron chi connectivity index (χ1n) is 12.3. The first kappa shape index (κ1) is 21.4.